The summed E-state index contributed by atoms with van der Waals surface area (Å²) in [5.74, 6) is 0. The van der Waals surface area contributed by atoms with Crippen molar-refractivity contribution >= 4 is 57.2 Å². The Kier molecular flexibility index (Phi) is 53.2. The minimum absolute atomic E-state index is 0. The van der Waals surface area contributed by atoms with Gasteiger partial charge in [0.15, 0.2) is 0 Å². The zero-order valence-electron chi connectivity index (χ0n) is 50.5. The largest absolute Gasteiger partial charge is 1.00 e. The molecular formula is C45H98F6N6NaO18P6Y-. The van der Waals surface area contributed by atoms with Gasteiger partial charge in [0, 0.05) is 115 Å². The van der Waals surface area contributed by atoms with Crippen molar-refractivity contribution in [1.29, 1.82) is 0 Å². The number of aromatic nitrogens is 3. The third kappa shape index (κ3) is 48.7. The van der Waals surface area contributed by atoms with Crippen molar-refractivity contribution in [1.82, 2.24) is 29.2 Å². The second-order valence-electron chi connectivity index (χ2n) is 17.7. The maximum atomic E-state index is 11.4. The van der Waals surface area contributed by atoms with Crippen LogP contribution in [0.2, 0.25) is 0 Å². The van der Waals surface area contributed by atoms with E-state index < -0.39 is 46.1 Å². The number of nitrogens with zero attached hydrogens (tertiary/aromatic N) is 6. The van der Waals surface area contributed by atoms with Crippen LogP contribution in [0.1, 0.15) is 127 Å². The Balaban J connectivity index is -0.000000225. The third-order valence-electron chi connectivity index (χ3n) is 11.1. The van der Waals surface area contributed by atoms with Crippen molar-refractivity contribution in [3.63, 3.8) is 0 Å². The minimum atomic E-state index is -10.7. The van der Waals surface area contributed by atoms with Crippen LogP contribution in [0.15, 0.2) is 24.3 Å². The maximum absolute atomic E-state index is 11.4. The van der Waals surface area contributed by atoms with Gasteiger partial charge < -0.3 is 66.3 Å². The number of hydrogen-bond acceptors (Lipinski definition) is 21. The van der Waals surface area contributed by atoms with Crippen LogP contribution in [-0.2, 0) is 87.8 Å². The molecule has 1 aromatic heterocycles. The van der Waals surface area contributed by atoms with Gasteiger partial charge in [-0.05, 0) is 122 Å². The molecular weight excluding hydrogens is 1320 g/mol. The Morgan fingerprint density at radius 1 is 0.627 bits per heavy atom. The molecule has 3 saturated heterocycles. The number of aliphatic hydroxyl groups excluding tert-OH is 2. The first kappa shape index (κ1) is 95.4. The molecule has 83 heavy (non-hydrogen) atoms. The number of rotatable bonds is 23. The molecule has 38 heteroatoms. The van der Waals surface area contributed by atoms with Gasteiger partial charge in [0.25, 0.3) is 0 Å². The molecule has 0 amide bonds. The number of halogens is 6. The summed E-state index contributed by atoms with van der Waals surface area (Å²) in [6.07, 6.45) is 10.6. The van der Waals surface area contributed by atoms with Crippen LogP contribution in [0.4, 0.5) is 25.2 Å². The topological polar surface area (TPSA) is 296 Å². The molecule has 1 radical (unpaired) electrons. The smallest absolute Gasteiger partial charge is 0.803 e. The summed E-state index contributed by atoms with van der Waals surface area (Å²) in [5.41, 5.74) is 1.87. The van der Waals surface area contributed by atoms with Gasteiger partial charge in [0.2, 0.25) is 0 Å². The first-order valence-corrected chi connectivity index (χ1v) is 36.2. The number of aliphatic hydroxyl groups is 2. The van der Waals surface area contributed by atoms with E-state index in [0.717, 1.165) is 90.2 Å². The number of hydrogen-bond donors (Lipinski definition) is 4. The van der Waals surface area contributed by atoms with Gasteiger partial charge in [-0.1, -0.05) is 47.3 Å². The van der Waals surface area contributed by atoms with Crippen molar-refractivity contribution in [2.24, 2.45) is 0 Å². The second-order valence-corrected chi connectivity index (χ2v) is 30.1. The number of benzene rings is 1. The molecule has 3 aliphatic heterocycles. The van der Waals surface area contributed by atoms with E-state index in [0.29, 0.717) is 0 Å². The van der Waals surface area contributed by atoms with Crippen molar-refractivity contribution < 1.29 is 172 Å². The molecule has 3 aliphatic rings. The summed E-state index contributed by atoms with van der Waals surface area (Å²) < 4.78 is 154. The average Bonchev–Trinajstić information content (AvgIpc) is 4.29. The standard InChI is InChI=1S/C18H28N6OP.C7H17O4P.2C6H15O4P.C4H10O.C2H6O3P.CH4O.CH4.F6P.Na.Y/c1-2-10-18-17(9-1)19-20-24(18)25-26(21-11-3-4-12-21,22-13-5-6-14-22)23-15-7-8-16-23;1-5-7(2)11-6-12(8,9-3)10-4;2*1-4-6(2)10-5-11(7,8)9-3;1-3-4(2)5;1-5-6(2,3)4;1-2;;1-7(2,3,4,5)6;;/h1-2,9-10H,3-8,11-16H2;7H,5-6H2,1-4H3;2*6H,4-5H2,1-3H3,(H,7,8);4-5H,3H2,1-2H3;2H2,1H3,(H,3,4);2H,1H3;1H4;;;/q+1;;;;;-1;;;-1;+1;/p-1. The van der Waals surface area contributed by atoms with Crippen LogP contribution < -0.4 is 39.1 Å². The molecule has 0 spiro atoms. The summed E-state index contributed by atoms with van der Waals surface area (Å²) in [4.78, 5) is 29.2. The van der Waals surface area contributed by atoms with Crippen molar-refractivity contribution in [2.75, 3.05) is 101 Å². The summed E-state index contributed by atoms with van der Waals surface area (Å²) in [7, 11) is -19.1. The molecule has 0 bridgehead atoms. The monoisotopic (exact) mass is 1420 g/mol. The van der Waals surface area contributed by atoms with Crippen LogP contribution in [0.25, 0.3) is 11.0 Å². The van der Waals surface area contributed by atoms with E-state index >= 15 is 0 Å². The van der Waals surface area contributed by atoms with E-state index in [9.17, 15) is 48.3 Å². The summed E-state index contributed by atoms with van der Waals surface area (Å²) in [6.45, 7) is 24.7. The SMILES string of the molecule is C.CCC(C)O.CCC(C)OCP(=O)(O)OC.CCC(C)OCP(=O)(O)OC.CCC(C)OCP(=O)(OC)OC.CO.F[P-](F)(F)(F)(F)F.[CH2-]P(=O)([O-])OC.[Na+].[Y].c1ccc2c(c1)nnn2O[P+](N1CCCC1)(N1CCCC1)N1CCCC1. The van der Waals surface area contributed by atoms with Crippen LogP contribution in [0.5, 0.6) is 0 Å². The second kappa shape index (κ2) is 46.3. The van der Waals surface area contributed by atoms with Gasteiger partial charge in [-0.25, -0.2) is 0 Å². The van der Waals surface area contributed by atoms with E-state index in [-0.39, 0.29) is 113 Å². The van der Waals surface area contributed by atoms with Crippen LogP contribution in [0, 0.1) is 6.66 Å². The first-order valence-electron chi connectivity index (χ1n) is 25.6. The Morgan fingerprint density at radius 3 is 1.17 bits per heavy atom. The number of fused-ring (bicyclic) bond motifs is 1. The maximum Gasteiger partial charge on any atom is 1.00 e. The predicted molar refractivity (Wildman–Crippen MR) is 306 cm³/mol. The molecule has 24 nitrogen and oxygen atoms in total. The summed E-state index contributed by atoms with van der Waals surface area (Å²) >= 11 is 0. The van der Waals surface area contributed by atoms with Gasteiger partial charge in [-0.2, -0.15) is 4.62 Å². The van der Waals surface area contributed by atoms with Crippen LogP contribution in [-0.4, -0.2) is 175 Å². The van der Waals surface area contributed by atoms with Gasteiger partial charge in [0.1, 0.15) is 30.1 Å². The van der Waals surface area contributed by atoms with E-state index in [4.69, 9.17) is 47.9 Å². The molecule has 5 rings (SSSR count). The normalized spacial score (nSPS) is 18.9. The molecule has 493 valence electrons. The third-order valence-corrected chi connectivity index (χ3v) is 19.2. The minimum Gasteiger partial charge on any atom is -0.803 e. The predicted octanol–water partition coefficient (Wildman–Crippen LogP) is 9.63. The van der Waals surface area contributed by atoms with Crippen molar-refractivity contribution in [3.05, 3.63) is 30.9 Å². The zero-order valence-corrected chi connectivity index (χ0v) is 60.7. The Hall–Kier alpha value is 1.24. The molecule has 0 aliphatic carbocycles. The van der Waals surface area contributed by atoms with E-state index in [1.54, 1.807) is 11.8 Å². The fraction of sp³-hybridized carbons (Fsp3) is 0.844. The van der Waals surface area contributed by atoms with Crippen LogP contribution in [0.3, 0.4) is 0 Å². The van der Waals surface area contributed by atoms with Gasteiger partial charge in [0.05, 0.1) is 24.4 Å². The van der Waals surface area contributed by atoms with Gasteiger partial charge in [-0.3, -0.25) is 20.4 Å². The molecule has 4 heterocycles. The Bertz CT molecular complexity index is 2040. The van der Waals surface area contributed by atoms with E-state index in [2.05, 4.69) is 50.6 Å². The fourth-order valence-electron chi connectivity index (χ4n) is 5.89. The first-order chi connectivity index (χ1) is 36.8. The number of ether oxygens (including phenoxy) is 3. The fourth-order valence-corrected chi connectivity index (χ4v) is 11.9. The molecule has 1 aromatic carbocycles. The van der Waals surface area contributed by atoms with Crippen molar-refractivity contribution in [3.8, 4) is 0 Å². The summed E-state index contributed by atoms with van der Waals surface area (Å²) in [6, 6.07) is 8.10. The van der Waals surface area contributed by atoms with E-state index in [1.807, 2.05) is 66.7 Å². The molecule has 7 unspecified atom stereocenters. The number of para-hydroxylation sites is 1. The quantitative estimate of drug-likeness (QED) is 0.0348. The zero-order chi connectivity index (χ0) is 62.7. The average molecular weight is 1420 g/mol. The van der Waals surface area contributed by atoms with Crippen LogP contribution >= 0.6 is 46.1 Å². The van der Waals surface area contributed by atoms with Crippen molar-refractivity contribution in [2.45, 2.75) is 151 Å². The molecule has 2 aromatic rings. The Labute approximate surface area is 537 Å². The molecule has 3 fully saturated rings. The van der Waals surface area contributed by atoms with Gasteiger partial charge in [-0.15, -0.1) is 19.1 Å². The van der Waals surface area contributed by atoms with E-state index in [1.165, 1.54) is 67.0 Å². The molecule has 4 N–H and O–H groups in total. The summed E-state index contributed by atoms with van der Waals surface area (Å²) in [5, 5.41) is 24.1. The molecule has 7 atom stereocenters. The Morgan fingerprint density at radius 2 is 0.916 bits per heavy atom. The molecule has 0 saturated carbocycles. The van der Waals surface area contributed by atoms with Gasteiger partial charge >= 0.3 is 93.3 Å².